The number of rotatable bonds is 6. The van der Waals surface area contributed by atoms with E-state index in [4.69, 9.17) is 4.98 Å². The van der Waals surface area contributed by atoms with Crippen molar-refractivity contribution in [2.45, 2.75) is 52.5 Å². The van der Waals surface area contributed by atoms with Gasteiger partial charge in [0, 0.05) is 11.4 Å². The van der Waals surface area contributed by atoms with Crippen LogP contribution in [0.3, 0.4) is 0 Å². The molecule has 0 aliphatic heterocycles. The summed E-state index contributed by atoms with van der Waals surface area (Å²) in [6.07, 6.45) is 4.08. The number of likely N-dealkylation sites (N-methyl/N-ethyl adjacent to an activating group) is 1. The maximum absolute atomic E-state index is 12.7. The van der Waals surface area contributed by atoms with Crippen LogP contribution in [0.25, 0.3) is 10.2 Å². The number of carbonyl (C=O) groups is 1. The minimum Gasteiger partial charge on any atom is -0.351 e. The smallest absolute Gasteiger partial charge is 0.275 e. The summed E-state index contributed by atoms with van der Waals surface area (Å²) in [6.45, 7) is 7.36. The number of quaternary nitrogens is 1. The van der Waals surface area contributed by atoms with Crippen molar-refractivity contribution in [2.75, 3.05) is 20.1 Å². The van der Waals surface area contributed by atoms with Crippen LogP contribution >= 0.6 is 11.3 Å². The van der Waals surface area contributed by atoms with Gasteiger partial charge in [-0.3, -0.25) is 9.59 Å². The lowest BCUT2D eigenvalue weighted by atomic mass is 9.89. The van der Waals surface area contributed by atoms with Crippen LogP contribution in [-0.4, -0.2) is 36.0 Å². The van der Waals surface area contributed by atoms with Gasteiger partial charge in [0.25, 0.3) is 11.5 Å². The number of fused-ring (bicyclic) bond motifs is 3. The van der Waals surface area contributed by atoms with Crippen molar-refractivity contribution < 1.29 is 9.69 Å². The fraction of sp³-hybridized carbons (Fsp3) is 0.632. The van der Waals surface area contributed by atoms with Gasteiger partial charge in [-0.05, 0) is 44.1 Å². The first-order chi connectivity index (χ1) is 12.4. The molecule has 0 saturated heterocycles. The van der Waals surface area contributed by atoms with Crippen LogP contribution in [0.1, 0.15) is 55.9 Å². The third kappa shape index (κ3) is 3.83. The number of aryl methyl sites for hydroxylation is 1. The Morgan fingerprint density at radius 1 is 1.50 bits per heavy atom. The topological polar surface area (TPSA) is 79.3 Å². The number of amides is 1. The highest BCUT2D eigenvalue weighted by Gasteiger charge is 2.26. The maximum Gasteiger partial charge on any atom is 0.275 e. The number of carbonyl (C=O) groups excluding carboxylic acids is 1. The molecule has 7 heteroatoms. The molecule has 142 valence electrons. The van der Waals surface area contributed by atoms with Gasteiger partial charge in [0.05, 0.1) is 12.4 Å². The number of aromatic amines is 1. The van der Waals surface area contributed by atoms with Gasteiger partial charge in [0.15, 0.2) is 12.4 Å². The maximum atomic E-state index is 12.7. The van der Waals surface area contributed by atoms with Gasteiger partial charge in [-0.2, -0.15) is 0 Å². The number of H-pyrrole nitrogens is 1. The Bertz CT molecular complexity index is 857. The van der Waals surface area contributed by atoms with Crippen molar-refractivity contribution in [2.24, 2.45) is 5.92 Å². The molecule has 1 aliphatic carbocycles. The van der Waals surface area contributed by atoms with Crippen LogP contribution in [0.15, 0.2) is 4.79 Å². The summed E-state index contributed by atoms with van der Waals surface area (Å²) in [5.74, 6) is 1.36. The van der Waals surface area contributed by atoms with Gasteiger partial charge in [-0.25, -0.2) is 4.98 Å². The molecule has 0 saturated carbocycles. The molecule has 3 atom stereocenters. The molecule has 2 aromatic rings. The Morgan fingerprint density at radius 2 is 2.27 bits per heavy atom. The van der Waals surface area contributed by atoms with Crippen molar-refractivity contribution in [3.63, 3.8) is 0 Å². The molecule has 0 bridgehead atoms. The lowest BCUT2D eigenvalue weighted by molar-refractivity contribution is -0.903. The van der Waals surface area contributed by atoms with E-state index in [0.717, 1.165) is 40.8 Å². The fourth-order valence-corrected chi connectivity index (χ4v) is 4.93. The van der Waals surface area contributed by atoms with E-state index in [1.807, 2.05) is 20.9 Å². The molecule has 0 aromatic carbocycles. The normalized spacial score (nSPS) is 19.2. The van der Waals surface area contributed by atoms with Gasteiger partial charge in [-0.1, -0.05) is 13.8 Å². The Labute approximate surface area is 158 Å². The number of aromatic nitrogens is 2. The Morgan fingerprint density at radius 3 is 3.00 bits per heavy atom. The summed E-state index contributed by atoms with van der Waals surface area (Å²) in [7, 11) is 1.96. The number of thiophene rings is 1. The molecule has 1 aliphatic rings. The molecule has 2 heterocycles. The summed E-state index contributed by atoms with van der Waals surface area (Å²) >= 11 is 1.67. The lowest BCUT2D eigenvalue weighted by Gasteiger charge is -2.20. The van der Waals surface area contributed by atoms with Crippen LogP contribution in [-0.2, 0) is 17.6 Å². The van der Waals surface area contributed by atoms with Crippen molar-refractivity contribution >= 4 is 27.5 Å². The molecule has 1 amide bonds. The molecule has 3 N–H and O–H groups in total. The first-order valence-corrected chi connectivity index (χ1v) is 10.4. The molecule has 0 fully saturated rings. The van der Waals surface area contributed by atoms with E-state index in [9.17, 15) is 9.59 Å². The van der Waals surface area contributed by atoms with E-state index in [2.05, 4.69) is 17.2 Å². The Hall–Kier alpha value is -1.73. The van der Waals surface area contributed by atoms with E-state index in [1.54, 1.807) is 11.3 Å². The highest BCUT2D eigenvalue weighted by Crippen LogP contribution is 2.35. The van der Waals surface area contributed by atoms with Gasteiger partial charge >= 0.3 is 0 Å². The van der Waals surface area contributed by atoms with Gasteiger partial charge in [0.1, 0.15) is 10.9 Å². The second-order valence-electron chi connectivity index (χ2n) is 7.58. The van der Waals surface area contributed by atoms with Crippen LogP contribution in [0.2, 0.25) is 0 Å². The van der Waals surface area contributed by atoms with E-state index in [1.165, 1.54) is 10.4 Å². The van der Waals surface area contributed by atoms with Crippen LogP contribution in [0, 0.1) is 5.92 Å². The summed E-state index contributed by atoms with van der Waals surface area (Å²) in [6, 6.07) is -0.0578. The molecule has 0 radical (unpaired) electrons. The summed E-state index contributed by atoms with van der Waals surface area (Å²) < 4.78 is 0. The molecular weight excluding hydrogens is 348 g/mol. The average Bonchev–Trinajstić information content (AvgIpc) is 2.96. The molecular formula is C19H29N4O2S+. The number of hydrogen-bond donors (Lipinski definition) is 3. The third-order valence-electron chi connectivity index (χ3n) is 5.34. The van der Waals surface area contributed by atoms with Crippen LogP contribution in [0.4, 0.5) is 0 Å². The summed E-state index contributed by atoms with van der Waals surface area (Å²) in [4.78, 5) is 35.6. The summed E-state index contributed by atoms with van der Waals surface area (Å²) in [5, 5.41) is 3.68. The van der Waals surface area contributed by atoms with E-state index in [-0.39, 0.29) is 17.5 Å². The number of nitrogens with one attached hydrogen (secondary N) is 3. The number of nitrogens with zero attached hydrogens (tertiary/aromatic N) is 1. The van der Waals surface area contributed by atoms with E-state index >= 15 is 0 Å². The molecule has 6 nitrogen and oxygen atoms in total. The second-order valence-corrected chi connectivity index (χ2v) is 8.66. The highest BCUT2D eigenvalue weighted by molar-refractivity contribution is 7.18. The zero-order chi connectivity index (χ0) is 18.8. The lowest BCUT2D eigenvalue weighted by Crippen LogP contribution is -3.10. The zero-order valence-electron chi connectivity index (χ0n) is 16.1. The van der Waals surface area contributed by atoms with E-state index < -0.39 is 0 Å². The standard InChI is InChI=1S/C19H28N4O2S/c1-5-8-20-15(24)10-23(4)12(3)17-21-18(25)16-13-7-6-11(2)9-14(13)26-19(16)22-17/h11-12H,5-10H2,1-4H3,(H,20,24)(H,21,22,25)/p+1/t11-,12-/m1/s1. The molecule has 1 unspecified atom stereocenters. The van der Waals surface area contributed by atoms with Crippen molar-refractivity contribution in [3.8, 4) is 0 Å². The van der Waals surface area contributed by atoms with Crippen molar-refractivity contribution in [1.82, 2.24) is 15.3 Å². The second kappa shape index (κ2) is 7.88. The Kier molecular flexibility index (Phi) is 5.77. The van der Waals surface area contributed by atoms with E-state index in [0.29, 0.717) is 24.8 Å². The molecule has 0 spiro atoms. The van der Waals surface area contributed by atoms with Crippen LogP contribution in [0.5, 0.6) is 0 Å². The summed E-state index contributed by atoms with van der Waals surface area (Å²) in [5.41, 5.74) is 1.17. The number of hydrogen-bond acceptors (Lipinski definition) is 4. The molecule has 3 rings (SSSR count). The Balaban J connectivity index is 1.84. The fourth-order valence-electron chi connectivity index (χ4n) is 3.54. The predicted octanol–water partition coefficient (Wildman–Crippen LogP) is 1.21. The predicted molar refractivity (Wildman–Crippen MR) is 105 cm³/mol. The third-order valence-corrected chi connectivity index (χ3v) is 6.49. The first kappa shape index (κ1) is 19.0. The first-order valence-electron chi connectivity index (χ1n) is 9.54. The van der Waals surface area contributed by atoms with Gasteiger partial charge in [0.2, 0.25) is 0 Å². The van der Waals surface area contributed by atoms with Crippen molar-refractivity contribution in [1.29, 1.82) is 0 Å². The molecule has 2 aromatic heterocycles. The highest BCUT2D eigenvalue weighted by atomic mass is 32.1. The minimum absolute atomic E-state index is 0.0280. The van der Waals surface area contributed by atoms with Gasteiger partial charge in [-0.15, -0.1) is 11.3 Å². The van der Waals surface area contributed by atoms with Crippen molar-refractivity contribution in [3.05, 3.63) is 26.6 Å². The van der Waals surface area contributed by atoms with Crippen LogP contribution < -0.4 is 15.8 Å². The van der Waals surface area contributed by atoms with Gasteiger partial charge < -0.3 is 15.2 Å². The average molecular weight is 378 g/mol. The SMILES string of the molecule is CCCNC(=O)C[NH+](C)[C@H](C)c1nc2sc3c(c2c(=O)[nH]1)CC[C@@H](C)C3. The largest absolute Gasteiger partial charge is 0.351 e. The quantitative estimate of drug-likeness (QED) is 0.708. The zero-order valence-corrected chi connectivity index (χ0v) is 16.9. The molecule has 26 heavy (non-hydrogen) atoms. The minimum atomic E-state index is -0.0578. The monoisotopic (exact) mass is 377 g/mol.